The number of rotatable bonds is 5. The summed E-state index contributed by atoms with van der Waals surface area (Å²) in [5.41, 5.74) is 0. The number of hydrogen-bond donors (Lipinski definition) is 1. The quantitative estimate of drug-likeness (QED) is 0.809. The Kier molecular flexibility index (Phi) is 7.03. The second-order valence-electron chi connectivity index (χ2n) is 5.61. The standard InChI is InChI=1S/C16H20BrFN4O.ClH/c1-21-4-3-20-16(21)15-11-19-2-5-22(15)6-7-23-14-9-12(17)8-13(18)10-14;/h3-4,8-10,15,19H,2,5-7,11H2,1H3;1H. The number of aromatic nitrogens is 2. The molecule has 2 aromatic rings. The van der Waals surface area contributed by atoms with Crippen molar-refractivity contribution in [3.8, 4) is 5.75 Å². The van der Waals surface area contributed by atoms with Gasteiger partial charge in [-0.05, 0) is 12.1 Å². The van der Waals surface area contributed by atoms with Crippen LogP contribution >= 0.6 is 28.3 Å². The van der Waals surface area contributed by atoms with E-state index in [-0.39, 0.29) is 24.3 Å². The molecule has 0 bridgehead atoms. The number of aryl methyl sites for hydroxylation is 1. The molecule has 0 amide bonds. The van der Waals surface area contributed by atoms with Gasteiger partial charge in [0.05, 0.1) is 6.04 Å². The molecule has 8 heteroatoms. The summed E-state index contributed by atoms with van der Waals surface area (Å²) in [4.78, 5) is 6.82. The predicted octanol–water partition coefficient (Wildman–Crippen LogP) is 2.77. The van der Waals surface area contributed by atoms with Crippen LogP contribution in [0.2, 0.25) is 0 Å². The molecule has 0 aliphatic carbocycles. The molecule has 0 saturated carbocycles. The fraction of sp³-hybridized carbons (Fsp3) is 0.438. The lowest BCUT2D eigenvalue weighted by Gasteiger charge is -2.35. The van der Waals surface area contributed by atoms with Gasteiger partial charge in [-0.3, -0.25) is 4.90 Å². The molecule has 2 heterocycles. The van der Waals surface area contributed by atoms with Crippen molar-refractivity contribution >= 4 is 28.3 Å². The maximum atomic E-state index is 13.4. The van der Waals surface area contributed by atoms with Crippen molar-refractivity contribution < 1.29 is 9.13 Å². The van der Waals surface area contributed by atoms with Crippen molar-refractivity contribution in [1.82, 2.24) is 19.8 Å². The molecule has 3 rings (SSSR count). The predicted molar refractivity (Wildman–Crippen MR) is 97.2 cm³/mol. The number of piperazine rings is 1. The first-order valence-corrected chi connectivity index (χ1v) is 8.43. The topological polar surface area (TPSA) is 42.3 Å². The Morgan fingerprint density at radius 2 is 2.25 bits per heavy atom. The lowest BCUT2D eigenvalue weighted by molar-refractivity contribution is 0.127. The Morgan fingerprint density at radius 3 is 2.96 bits per heavy atom. The zero-order valence-electron chi connectivity index (χ0n) is 13.4. The van der Waals surface area contributed by atoms with Crippen molar-refractivity contribution in [1.29, 1.82) is 0 Å². The van der Waals surface area contributed by atoms with Gasteiger partial charge in [-0.1, -0.05) is 15.9 Å². The summed E-state index contributed by atoms with van der Waals surface area (Å²) < 4.78 is 21.8. The molecule has 132 valence electrons. The minimum absolute atomic E-state index is 0. The van der Waals surface area contributed by atoms with Gasteiger partial charge in [0.25, 0.3) is 0 Å². The summed E-state index contributed by atoms with van der Waals surface area (Å²) in [5, 5.41) is 3.41. The largest absolute Gasteiger partial charge is 0.492 e. The van der Waals surface area contributed by atoms with Crippen LogP contribution in [-0.4, -0.2) is 47.2 Å². The molecule has 1 atom stereocenters. The first kappa shape index (κ1) is 19.2. The van der Waals surface area contributed by atoms with Gasteiger partial charge >= 0.3 is 0 Å². The Hall–Kier alpha value is -1.15. The van der Waals surface area contributed by atoms with Crippen molar-refractivity contribution in [2.24, 2.45) is 7.05 Å². The maximum Gasteiger partial charge on any atom is 0.128 e. The SMILES string of the molecule is Cl.Cn1ccnc1C1CNCCN1CCOc1cc(F)cc(Br)c1. The van der Waals surface area contributed by atoms with Crippen molar-refractivity contribution in [3.05, 3.63) is 46.7 Å². The number of halogens is 3. The zero-order valence-corrected chi connectivity index (χ0v) is 15.8. The van der Waals surface area contributed by atoms with Crippen molar-refractivity contribution in [3.63, 3.8) is 0 Å². The van der Waals surface area contributed by atoms with Gasteiger partial charge in [-0.25, -0.2) is 9.37 Å². The first-order chi connectivity index (χ1) is 11.1. The summed E-state index contributed by atoms with van der Waals surface area (Å²) in [5.74, 6) is 1.29. The molecular weight excluding hydrogens is 399 g/mol. The van der Waals surface area contributed by atoms with E-state index in [0.717, 1.165) is 32.0 Å². The number of ether oxygens (including phenoxy) is 1. The molecule has 1 aliphatic heterocycles. The van der Waals surface area contributed by atoms with E-state index in [1.807, 2.05) is 19.4 Å². The molecule has 1 saturated heterocycles. The molecule has 0 radical (unpaired) electrons. The Balaban J connectivity index is 0.00000208. The van der Waals surface area contributed by atoms with Gasteiger partial charge in [-0.2, -0.15) is 0 Å². The lowest BCUT2D eigenvalue weighted by atomic mass is 10.2. The summed E-state index contributed by atoms with van der Waals surface area (Å²) in [6, 6.07) is 4.82. The molecule has 5 nitrogen and oxygen atoms in total. The van der Waals surface area contributed by atoms with Gasteiger partial charge in [0.15, 0.2) is 0 Å². The van der Waals surface area contributed by atoms with Crippen LogP contribution in [0, 0.1) is 5.82 Å². The van der Waals surface area contributed by atoms with Crippen LogP contribution in [0.15, 0.2) is 35.1 Å². The van der Waals surface area contributed by atoms with Gasteiger partial charge in [0.1, 0.15) is 24.0 Å². The van der Waals surface area contributed by atoms with Crippen molar-refractivity contribution in [2.75, 3.05) is 32.8 Å². The van der Waals surface area contributed by atoms with Gasteiger partial charge in [0.2, 0.25) is 0 Å². The third-order valence-electron chi connectivity index (χ3n) is 3.99. The second kappa shape index (κ2) is 8.80. The molecular formula is C16H21BrClFN4O. The molecule has 1 N–H and O–H groups in total. The molecule has 1 aromatic heterocycles. The van der Waals surface area contributed by atoms with Crippen LogP contribution in [0.5, 0.6) is 5.75 Å². The smallest absolute Gasteiger partial charge is 0.128 e. The van der Waals surface area contributed by atoms with Crippen LogP contribution in [-0.2, 0) is 7.05 Å². The number of imidazole rings is 1. The molecule has 1 aliphatic rings. The van der Waals surface area contributed by atoms with Crippen LogP contribution in [0.3, 0.4) is 0 Å². The van der Waals surface area contributed by atoms with Crippen LogP contribution < -0.4 is 10.1 Å². The fourth-order valence-electron chi connectivity index (χ4n) is 2.86. The van der Waals surface area contributed by atoms with E-state index < -0.39 is 0 Å². The molecule has 24 heavy (non-hydrogen) atoms. The summed E-state index contributed by atoms with van der Waals surface area (Å²) >= 11 is 3.28. The third-order valence-corrected chi connectivity index (χ3v) is 4.45. The van der Waals surface area contributed by atoms with Crippen LogP contribution in [0.25, 0.3) is 0 Å². The number of nitrogens with one attached hydrogen (secondary N) is 1. The van der Waals surface area contributed by atoms with E-state index in [0.29, 0.717) is 16.8 Å². The van der Waals surface area contributed by atoms with Gasteiger partial charge < -0.3 is 14.6 Å². The van der Waals surface area contributed by atoms with Crippen LogP contribution in [0.4, 0.5) is 4.39 Å². The minimum Gasteiger partial charge on any atom is -0.492 e. The number of nitrogens with zero attached hydrogens (tertiary/aromatic N) is 3. The summed E-state index contributed by atoms with van der Waals surface area (Å²) in [6.07, 6.45) is 3.78. The second-order valence-corrected chi connectivity index (χ2v) is 6.52. The lowest BCUT2D eigenvalue weighted by Crippen LogP contribution is -2.48. The fourth-order valence-corrected chi connectivity index (χ4v) is 3.30. The monoisotopic (exact) mass is 418 g/mol. The van der Waals surface area contributed by atoms with Crippen LogP contribution in [0.1, 0.15) is 11.9 Å². The average molecular weight is 420 g/mol. The third kappa shape index (κ3) is 4.69. The Labute approximate surface area is 155 Å². The molecule has 0 spiro atoms. The highest BCUT2D eigenvalue weighted by Crippen LogP contribution is 2.22. The first-order valence-electron chi connectivity index (χ1n) is 7.64. The molecule has 1 fully saturated rings. The van der Waals surface area contributed by atoms with E-state index in [9.17, 15) is 4.39 Å². The van der Waals surface area contributed by atoms with Gasteiger partial charge in [0, 0.05) is 56.2 Å². The zero-order chi connectivity index (χ0) is 16.2. The number of hydrogen-bond acceptors (Lipinski definition) is 4. The van der Waals surface area contributed by atoms with Crippen molar-refractivity contribution in [2.45, 2.75) is 6.04 Å². The highest BCUT2D eigenvalue weighted by Gasteiger charge is 2.26. The summed E-state index contributed by atoms with van der Waals surface area (Å²) in [7, 11) is 2.01. The summed E-state index contributed by atoms with van der Waals surface area (Å²) in [6.45, 7) is 4.04. The maximum absolute atomic E-state index is 13.4. The van der Waals surface area contributed by atoms with E-state index in [4.69, 9.17) is 4.74 Å². The average Bonchev–Trinajstić information content (AvgIpc) is 2.93. The Morgan fingerprint density at radius 1 is 1.42 bits per heavy atom. The van der Waals surface area contributed by atoms with E-state index >= 15 is 0 Å². The van der Waals surface area contributed by atoms with E-state index in [2.05, 4.69) is 35.7 Å². The van der Waals surface area contributed by atoms with E-state index in [1.165, 1.54) is 12.1 Å². The highest BCUT2D eigenvalue weighted by molar-refractivity contribution is 9.10. The van der Waals surface area contributed by atoms with E-state index in [1.54, 1.807) is 6.07 Å². The Bertz CT molecular complexity index is 649. The molecule has 1 aromatic carbocycles. The minimum atomic E-state index is -0.303. The highest BCUT2D eigenvalue weighted by atomic mass is 79.9. The molecule has 1 unspecified atom stereocenters. The number of benzene rings is 1. The normalized spacial score (nSPS) is 18.2. The van der Waals surface area contributed by atoms with Gasteiger partial charge in [-0.15, -0.1) is 12.4 Å².